The van der Waals surface area contributed by atoms with Crippen LogP contribution in [0.5, 0.6) is 5.88 Å². The van der Waals surface area contributed by atoms with E-state index in [1.165, 1.54) is 0 Å². The van der Waals surface area contributed by atoms with Crippen LogP contribution in [0.2, 0.25) is 0 Å². The molecule has 3 rings (SSSR count). The maximum atomic E-state index is 12.9. The second-order valence-electron chi connectivity index (χ2n) is 8.92. The number of benzene rings is 1. The highest BCUT2D eigenvalue weighted by molar-refractivity contribution is 5.97. The van der Waals surface area contributed by atoms with Gasteiger partial charge in [-0.2, -0.15) is 0 Å². The molecule has 0 saturated carbocycles. The van der Waals surface area contributed by atoms with Gasteiger partial charge in [0.25, 0.3) is 0 Å². The number of hydrogen-bond acceptors (Lipinski definition) is 5. The van der Waals surface area contributed by atoms with Crippen molar-refractivity contribution in [2.45, 2.75) is 64.5 Å². The fraction of sp³-hybridized carbons (Fsp3) is 0.500. The minimum absolute atomic E-state index is 0.157. The Kier molecular flexibility index (Phi) is 9.24. The molecule has 1 aliphatic heterocycles. The van der Waals surface area contributed by atoms with Crippen LogP contribution in [-0.4, -0.2) is 54.0 Å². The Bertz CT molecular complexity index is 891. The second kappa shape index (κ2) is 12.3. The molecule has 1 aliphatic rings. The van der Waals surface area contributed by atoms with Crippen molar-refractivity contribution < 1.29 is 14.3 Å². The quantitative estimate of drug-likeness (QED) is 0.574. The normalized spacial score (nSPS) is 15.6. The van der Waals surface area contributed by atoms with E-state index in [4.69, 9.17) is 4.74 Å². The van der Waals surface area contributed by atoms with E-state index in [-0.39, 0.29) is 24.3 Å². The summed E-state index contributed by atoms with van der Waals surface area (Å²) < 4.78 is 5.97. The summed E-state index contributed by atoms with van der Waals surface area (Å²) in [5.41, 5.74) is 2.66. The molecule has 2 N–H and O–H groups in total. The Morgan fingerprint density at radius 2 is 1.88 bits per heavy atom. The van der Waals surface area contributed by atoms with Gasteiger partial charge in [-0.25, -0.2) is 4.98 Å². The summed E-state index contributed by atoms with van der Waals surface area (Å²) in [7, 11) is 2.12. The first-order chi connectivity index (χ1) is 15.9. The first-order valence-corrected chi connectivity index (χ1v) is 11.9. The maximum Gasteiger partial charge on any atom is 0.246 e. The van der Waals surface area contributed by atoms with Gasteiger partial charge in [-0.05, 0) is 44.9 Å². The van der Waals surface area contributed by atoms with E-state index in [1.807, 2.05) is 31.2 Å². The Hall–Kier alpha value is -2.93. The zero-order valence-electron chi connectivity index (χ0n) is 20.0. The van der Waals surface area contributed by atoms with Crippen molar-refractivity contribution >= 4 is 17.5 Å². The molecule has 1 fully saturated rings. The predicted octanol–water partition coefficient (Wildman–Crippen LogP) is 3.72. The summed E-state index contributed by atoms with van der Waals surface area (Å²) in [5.74, 6) is 0.179. The van der Waals surface area contributed by atoms with E-state index < -0.39 is 6.04 Å². The highest BCUT2D eigenvalue weighted by Crippen LogP contribution is 2.18. The van der Waals surface area contributed by atoms with Gasteiger partial charge < -0.3 is 20.3 Å². The topological polar surface area (TPSA) is 83.6 Å². The van der Waals surface area contributed by atoms with Crippen molar-refractivity contribution in [1.82, 2.24) is 15.2 Å². The molecule has 1 aromatic carbocycles. The van der Waals surface area contributed by atoms with Crippen LogP contribution in [0.1, 0.15) is 50.2 Å². The van der Waals surface area contributed by atoms with Crippen molar-refractivity contribution in [2.24, 2.45) is 0 Å². The Balaban J connectivity index is 1.53. The predicted molar refractivity (Wildman–Crippen MR) is 130 cm³/mol. The molecule has 178 valence electrons. The van der Waals surface area contributed by atoms with Crippen LogP contribution < -0.4 is 15.4 Å². The third kappa shape index (κ3) is 8.17. The van der Waals surface area contributed by atoms with E-state index in [1.54, 1.807) is 18.3 Å². The van der Waals surface area contributed by atoms with E-state index in [0.29, 0.717) is 18.0 Å². The van der Waals surface area contributed by atoms with Gasteiger partial charge in [0.1, 0.15) is 12.1 Å². The Morgan fingerprint density at radius 1 is 1.15 bits per heavy atom. The number of hydrogen-bond donors (Lipinski definition) is 2. The second-order valence-corrected chi connectivity index (χ2v) is 8.92. The van der Waals surface area contributed by atoms with Crippen molar-refractivity contribution in [3.8, 4) is 5.88 Å². The van der Waals surface area contributed by atoms with Crippen LogP contribution in [0.3, 0.4) is 0 Å². The number of nitrogens with zero attached hydrogens (tertiary/aromatic N) is 2. The molecule has 0 radical (unpaired) electrons. The number of carbonyl (C=O) groups excluding carboxylic acids is 2. The molecular weight excluding hydrogens is 416 g/mol. The first-order valence-electron chi connectivity index (χ1n) is 11.9. The lowest BCUT2D eigenvalue weighted by molar-refractivity contribution is -0.126. The third-order valence-corrected chi connectivity index (χ3v) is 5.94. The van der Waals surface area contributed by atoms with Gasteiger partial charge in [-0.1, -0.05) is 49.6 Å². The maximum absolute atomic E-state index is 12.9. The molecule has 1 atom stereocenters. The largest absolute Gasteiger partial charge is 0.474 e. The summed E-state index contributed by atoms with van der Waals surface area (Å²) in [6, 6.07) is 10.8. The molecule has 1 aromatic heterocycles. The Labute approximate surface area is 196 Å². The highest BCUT2D eigenvalue weighted by atomic mass is 16.5. The summed E-state index contributed by atoms with van der Waals surface area (Å²) in [6.45, 7) is 6.12. The lowest BCUT2D eigenvalue weighted by Gasteiger charge is -2.28. The molecule has 2 amide bonds. The fourth-order valence-corrected chi connectivity index (χ4v) is 3.84. The lowest BCUT2D eigenvalue weighted by Crippen LogP contribution is -2.44. The number of unbranched alkanes of at least 4 members (excludes halogenated alkanes) is 1. The highest BCUT2D eigenvalue weighted by Gasteiger charge is 2.21. The summed E-state index contributed by atoms with van der Waals surface area (Å²) in [5, 5.41) is 5.79. The van der Waals surface area contributed by atoms with Gasteiger partial charge in [-0.3, -0.25) is 9.59 Å². The fourth-order valence-electron chi connectivity index (χ4n) is 3.84. The number of aryl methyl sites for hydroxylation is 1. The number of carbonyl (C=O) groups is 2. The van der Waals surface area contributed by atoms with E-state index in [2.05, 4.69) is 34.5 Å². The van der Waals surface area contributed by atoms with Crippen LogP contribution in [0, 0.1) is 6.92 Å². The van der Waals surface area contributed by atoms with Crippen LogP contribution in [0.15, 0.2) is 42.6 Å². The summed E-state index contributed by atoms with van der Waals surface area (Å²) >= 11 is 0. The van der Waals surface area contributed by atoms with Crippen molar-refractivity contribution in [3.63, 3.8) is 0 Å². The summed E-state index contributed by atoms with van der Waals surface area (Å²) in [4.78, 5) is 32.1. The molecule has 1 saturated heterocycles. The number of amides is 2. The van der Waals surface area contributed by atoms with Crippen LogP contribution >= 0.6 is 0 Å². The van der Waals surface area contributed by atoms with E-state index >= 15 is 0 Å². The number of aromatic nitrogens is 1. The van der Waals surface area contributed by atoms with Gasteiger partial charge in [0.15, 0.2) is 0 Å². The van der Waals surface area contributed by atoms with Crippen molar-refractivity contribution in [3.05, 3.63) is 53.7 Å². The number of pyridine rings is 1. The molecule has 33 heavy (non-hydrogen) atoms. The number of rotatable bonds is 10. The first kappa shape index (κ1) is 24.7. The number of ether oxygens (including phenoxy) is 1. The molecule has 1 unspecified atom stereocenters. The summed E-state index contributed by atoms with van der Waals surface area (Å²) in [6.07, 6.45) is 6.39. The average molecular weight is 453 g/mol. The standard InChI is InChI=1S/C26H36N4O3/c1-4-5-6-23(29-24(31)17-20-9-7-19(2)8-10-20)26(32)28-21-11-12-25(27-18-21)33-22-13-15-30(3)16-14-22/h7-12,18,22-23H,4-6,13-17H2,1-3H3,(H,28,32)(H,29,31). The van der Waals surface area contributed by atoms with Gasteiger partial charge in [0.05, 0.1) is 18.3 Å². The molecule has 2 heterocycles. The number of piperidine rings is 1. The zero-order chi connectivity index (χ0) is 23.6. The van der Waals surface area contributed by atoms with Crippen LogP contribution in [0.4, 0.5) is 5.69 Å². The Morgan fingerprint density at radius 3 is 2.52 bits per heavy atom. The van der Waals surface area contributed by atoms with Gasteiger partial charge >= 0.3 is 0 Å². The minimum atomic E-state index is -0.585. The lowest BCUT2D eigenvalue weighted by atomic mass is 10.1. The van der Waals surface area contributed by atoms with E-state index in [9.17, 15) is 9.59 Å². The van der Waals surface area contributed by atoms with Crippen LogP contribution in [0.25, 0.3) is 0 Å². The van der Waals surface area contributed by atoms with E-state index in [0.717, 1.165) is 49.9 Å². The number of likely N-dealkylation sites (tertiary alicyclic amines) is 1. The molecule has 7 nitrogen and oxygen atoms in total. The van der Waals surface area contributed by atoms with Crippen molar-refractivity contribution in [1.29, 1.82) is 0 Å². The SMILES string of the molecule is CCCCC(NC(=O)Cc1ccc(C)cc1)C(=O)Nc1ccc(OC2CCN(C)CC2)nc1. The third-order valence-electron chi connectivity index (χ3n) is 5.94. The number of nitrogens with one attached hydrogen (secondary N) is 2. The van der Waals surface area contributed by atoms with Crippen molar-refractivity contribution in [2.75, 3.05) is 25.5 Å². The number of anilines is 1. The molecule has 0 bridgehead atoms. The van der Waals surface area contributed by atoms with Gasteiger partial charge in [-0.15, -0.1) is 0 Å². The van der Waals surface area contributed by atoms with Gasteiger partial charge in [0.2, 0.25) is 17.7 Å². The van der Waals surface area contributed by atoms with Crippen LogP contribution in [-0.2, 0) is 16.0 Å². The molecular formula is C26H36N4O3. The minimum Gasteiger partial charge on any atom is -0.474 e. The zero-order valence-corrected chi connectivity index (χ0v) is 20.0. The molecule has 2 aromatic rings. The molecule has 0 spiro atoms. The van der Waals surface area contributed by atoms with Gasteiger partial charge in [0, 0.05) is 19.2 Å². The average Bonchev–Trinajstić information content (AvgIpc) is 2.81. The molecule has 0 aliphatic carbocycles. The monoisotopic (exact) mass is 452 g/mol. The smallest absolute Gasteiger partial charge is 0.246 e. The molecule has 7 heteroatoms.